The number of nitrogens with zero attached hydrogens (tertiary/aromatic N) is 1. The van der Waals surface area contributed by atoms with Crippen LogP contribution in [0.3, 0.4) is 0 Å². The van der Waals surface area contributed by atoms with E-state index in [1.807, 2.05) is 38.2 Å². The number of rotatable bonds is 5. The van der Waals surface area contributed by atoms with Gasteiger partial charge in [-0.15, -0.1) is 0 Å². The van der Waals surface area contributed by atoms with Gasteiger partial charge in [0.05, 0.1) is 5.69 Å². The van der Waals surface area contributed by atoms with Crippen LogP contribution in [0.25, 0.3) is 10.9 Å². The Hall–Kier alpha value is -2.60. The molecule has 2 aromatic heterocycles. The van der Waals surface area contributed by atoms with Crippen LogP contribution in [-0.4, -0.2) is 27.6 Å². The number of para-hydroxylation sites is 1. The fourth-order valence-corrected chi connectivity index (χ4v) is 2.92. The number of benzene rings is 1. The van der Waals surface area contributed by atoms with Crippen LogP contribution in [0.4, 0.5) is 0 Å². The number of carbonyl (C=O) groups excluding carboxylic acids is 1. The van der Waals surface area contributed by atoms with Crippen molar-refractivity contribution < 1.29 is 4.79 Å². The highest BCUT2D eigenvalue weighted by atomic mass is 16.2. The summed E-state index contributed by atoms with van der Waals surface area (Å²) in [7, 11) is 0. The lowest BCUT2D eigenvalue weighted by atomic mass is 10.0. The molecule has 1 aromatic carbocycles. The number of fused-ring (bicyclic) bond motifs is 1. The Morgan fingerprint density at radius 3 is 2.87 bits per heavy atom. The highest BCUT2D eigenvalue weighted by Gasteiger charge is 2.21. The van der Waals surface area contributed by atoms with Crippen LogP contribution in [0.2, 0.25) is 0 Å². The van der Waals surface area contributed by atoms with E-state index in [0.29, 0.717) is 6.54 Å². The van der Waals surface area contributed by atoms with Crippen molar-refractivity contribution in [3.05, 3.63) is 53.0 Å². The Kier molecular flexibility index (Phi) is 4.16. The first-order valence-corrected chi connectivity index (χ1v) is 7.67. The molecule has 120 valence electrons. The molecule has 2 heterocycles. The van der Waals surface area contributed by atoms with Crippen LogP contribution < -0.4 is 11.1 Å². The van der Waals surface area contributed by atoms with Gasteiger partial charge in [0.1, 0.15) is 6.04 Å². The molecule has 0 aliphatic rings. The Morgan fingerprint density at radius 2 is 2.13 bits per heavy atom. The van der Waals surface area contributed by atoms with Gasteiger partial charge >= 0.3 is 0 Å². The lowest BCUT2D eigenvalue weighted by Crippen LogP contribution is -2.35. The van der Waals surface area contributed by atoms with Gasteiger partial charge in [-0.2, -0.15) is 5.10 Å². The van der Waals surface area contributed by atoms with E-state index < -0.39 is 6.04 Å². The summed E-state index contributed by atoms with van der Waals surface area (Å²) in [5.41, 5.74) is 10.7. The zero-order valence-corrected chi connectivity index (χ0v) is 13.3. The summed E-state index contributed by atoms with van der Waals surface area (Å²) in [6, 6.07) is 7.43. The molecule has 0 fully saturated rings. The third-order valence-electron chi connectivity index (χ3n) is 4.15. The van der Waals surface area contributed by atoms with Gasteiger partial charge in [0.15, 0.2) is 0 Å². The van der Waals surface area contributed by atoms with E-state index in [2.05, 4.69) is 26.6 Å². The predicted molar refractivity (Wildman–Crippen MR) is 90.0 cm³/mol. The maximum Gasteiger partial charge on any atom is 0.241 e. The van der Waals surface area contributed by atoms with Gasteiger partial charge < -0.3 is 16.0 Å². The summed E-state index contributed by atoms with van der Waals surface area (Å²) in [6.45, 7) is 4.26. The van der Waals surface area contributed by atoms with Crippen LogP contribution in [0.5, 0.6) is 0 Å². The van der Waals surface area contributed by atoms with E-state index in [-0.39, 0.29) is 5.91 Å². The average Bonchev–Trinajstić information content (AvgIpc) is 3.10. The minimum absolute atomic E-state index is 0.183. The maximum absolute atomic E-state index is 12.3. The van der Waals surface area contributed by atoms with Crippen molar-refractivity contribution >= 4 is 16.8 Å². The van der Waals surface area contributed by atoms with E-state index in [0.717, 1.165) is 28.9 Å². The normalized spacial score (nSPS) is 12.5. The van der Waals surface area contributed by atoms with Crippen molar-refractivity contribution in [3.8, 4) is 0 Å². The Morgan fingerprint density at radius 1 is 1.35 bits per heavy atom. The Balaban J connectivity index is 1.61. The zero-order valence-electron chi connectivity index (χ0n) is 13.3. The molecule has 3 aromatic rings. The first kappa shape index (κ1) is 15.3. The van der Waals surface area contributed by atoms with Gasteiger partial charge in [-0.05, 0) is 31.9 Å². The average molecular weight is 311 g/mol. The molecule has 0 aliphatic heterocycles. The molecular weight excluding hydrogens is 290 g/mol. The largest absolute Gasteiger partial charge is 0.361 e. The smallest absolute Gasteiger partial charge is 0.241 e. The molecule has 1 atom stereocenters. The molecule has 1 amide bonds. The number of aryl methyl sites for hydroxylation is 2. The molecule has 6 nitrogen and oxygen atoms in total. The standard InChI is InChI=1S/C17H21N5O/c1-10-15(11(2)22-21-10)16(18)17(23)19-8-7-12-9-20-14-6-4-3-5-13(12)14/h3-6,9,16,20H,7-8,18H2,1-2H3,(H,19,23)(H,21,22). The fraction of sp³-hybridized carbons (Fsp3) is 0.294. The number of nitrogens with one attached hydrogen (secondary N) is 3. The van der Waals surface area contributed by atoms with Crippen LogP contribution in [0, 0.1) is 13.8 Å². The highest BCUT2D eigenvalue weighted by molar-refractivity contribution is 5.84. The number of aromatic nitrogens is 3. The van der Waals surface area contributed by atoms with Gasteiger partial charge in [0.2, 0.25) is 5.91 Å². The molecule has 6 heteroatoms. The first-order valence-electron chi connectivity index (χ1n) is 7.67. The minimum atomic E-state index is -0.697. The lowest BCUT2D eigenvalue weighted by molar-refractivity contribution is -0.122. The minimum Gasteiger partial charge on any atom is -0.361 e. The Labute approximate surface area is 134 Å². The van der Waals surface area contributed by atoms with Crippen LogP contribution >= 0.6 is 0 Å². The number of carbonyl (C=O) groups is 1. The molecule has 3 rings (SSSR count). The number of aromatic amines is 2. The molecule has 0 radical (unpaired) electrons. The van der Waals surface area contributed by atoms with Crippen LogP contribution in [0.15, 0.2) is 30.5 Å². The van der Waals surface area contributed by atoms with Crippen molar-refractivity contribution in [2.75, 3.05) is 6.54 Å². The van der Waals surface area contributed by atoms with E-state index in [9.17, 15) is 4.79 Å². The number of nitrogens with two attached hydrogens (primary N) is 1. The van der Waals surface area contributed by atoms with Gasteiger partial charge in [-0.1, -0.05) is 18.2 Å². The fourth-order valence-electron chi connectivity index (χ4n) is 2.92. The van der Waals surface area contributed by atoms with Crippen molar-refractivity contribution in [3.63, 3.8) is 0 Å². The van der Waals surface area contributed by atoms with Gasteiger partial charge in [0, 0.05) is 34.9 Å². The molecule has 5 N–H and O–H groups in total. The van der Waals surface area contributed by atoms with E-state index in [4.69, 9.17) is 5.73 Å². The van der Waals surface area contributed by atoms with Crippen molar-refractivity contribution in [2.45, 2.75) is 26.3 Å². The van der Waals surface area contributed by atoms with Gasteiger partial charge in [-0.3, -0.25) is 9.89 Å². The molecule has 1 unspecified atom stereocenters. The summed E-state index contributed by atoms with van der Waals surface area (Å²) in [5.74, 6) is -0.183. The monoisotopic (exact) mass is 311 g/mol. The maximum atomic E-state index is 12.3. The highest BCUT2D eigenvalue weighted by Crippen LogP contribution is 2.19. The van der Waals surface area contributed by atoms with E-state index in [1.165, 1.54) is 10.9 Å². The molecule has 23 heavy (non-hydrogen) atoms. The molecule has 0 saturated heterocycles. The summed E-state index contributed by atoms with van der Waals surface area (Å²) in [4.78, 5) is 15.5. The first-order chi connectivity index (χ1) is 11.1. The SMILES string of the molecule is Cc1n[nH]c(C)c1C(N)C(=O)NCCc1c[nH]c2ccccc12. The topological polar surface area (TPSA) is 99.6 Å². The predicted octanol–water partition coefficient (Wildman–Crippen LogP) is 1.87. The quantitative estimate of drug-likeness (QED) is 0.578. The van der Waals surface area contributed by atoms with Crippen molar-refractivity contribution in [1.82, 2.24) is 20.5 Å². The summed E-state index contributed by atoms with van der Waals surface area (Å²) in [6.07, 6.45) is 2.74. The van der Waals surface area contributed by atoms with E-state index in [1.54, 1.807) is 0 Å². The summed E-state index contributed by atoms with van der Waals surface area (Å²) < 4.78 is 0. The van der Waals surface area contributed by atoms with Crippen molar-refractivity contribution in [2.24, 2.45) is 5.73 Å². The second kappa shape index (κ2) is 6.26. The van der Waals surface area contributed by atoms with Crippen LogP contribution in [-0.2, 0) is 11.2 Å². The molecule has 0 saturated carbocycles. The van der Waals surface area contributed by atoms with E-state index >= 15 is 0 Å². The zero-order chi connectivity index (χ0) is 16.4. The van der Waals surface area contributed by atoms with Gasteiger partial charge in [0.25, 0.3) is 0 Å². The summed E-state index contributed by atoms with van der Waals surface area (Å²) in [5, 5.41) is 11.0. The second-order valence-electron chi connectivity index (χ2n) is 5.73. The number of hydrogen-bond acceptors (Lipinski definition) is 3. The van der Waals surface area contributed by atoms with Crippen LogP contribution in [0.1, 0.15) is 28.6 Å². The summed E-state index contributed by atoms with van der Waals surface area (Å²) >= 11 is 0. The third-order valence-corrected chi connectivity index (χ3v) is 4.15. The number of hydrogen-bond donors (Lipinski definition) is 4. The molecule has 0 bridgehead atoms. The van der Waals surface area contributed by atoms with Gasteiger partial charge in [-0.25, -0.2) is 0 Å². The number of H-pyrrole nitrogens is 2. The molecule has 0 spiro atoms. The number of amides is 1. The second-order valence-corrected chi connectivity index (χ2v) is 5.73. The Bertz CT molecular complexity index is 813. The molecular formula is C17H21N5O. The third kappa shape index (κ3) is 2.98. The lowest BCUT2D eigenvalue weighted by Gasteiger charge is -2.12. The molecule has 0 aliphatic carbocycles. The van der Waals surface area contributed by atoms with Crippen molar-refractivity contribution in [1.29, 1.82) is 0 Å².